The van der Waals surface area contributed by atoms with E-state index >= 15 is 0 Å². The molecule has 2 saturated carbocycles. The van der Waals surface area contributed by atoms with Crippen LogP contribution in [0.4, 0.5) is 16.2 Å². The standard InChI is InChI=1S/C19H26N4O5/c1-11-5-12(2)17(23(27)28)8-16(11)21-19(26)20-14-6-15(7-14)22(10-18(24)25)9-13-3-4-13/h5,8,13-15H,3-4,6-7,9-10H2,1-2H3,(H,24,25)(H2,20,21,26). The Balaban J connectivity index is 1.52. The van der Waals surface area contributed by atoms with Crippen LogP contribution in [-0.4, -0.2) is 52.1 Å². The minimum absolute atomic E-state index is 0.0266. The maximum atomic E-state index is 12.3. The summed E-state index contributed by atoms with van der Waals surface area (Å²) in [6, 6.07) is 2.79. The van der Waals surface area contributed by atoms with E-state index < -0.39 is 16.9 Å². The summed E-state index contributed by atoms with van der Waals surface area (Å²) in [6.07, 6.45) is 3.74. The maximum Gasteiger partial charge on any atom is 0.319 e. The molecule has 1 aromatic rings. The Hall–Kier alpha value is -2.68. The van der Waals surface area contributed by atoms with Crippen LogP contribution in [0.15, 0.2) is 12.1 Å². The van der Waals surface area contributed by atoms with Crippen molar-refractivity contribution in [1.29, 1.82) is 0 Å². The van der Waals surface area contributed by atoms with E-state index in [1.54, 1.807) is 19.9 Å². The van der Waals surface area contributed by atoms with E-state index in [2.05, 4.69) is 10.6 Å². The van der Waals surface area contributed by atoms with Gasteiger partial charge in [-0.2, -0.15) is 0 Å². The van der Waals surface area contributed by atoms with Gasteiger partial charge in [-0.1, -0.05) is 0 Å². The SMILES string of the molecule is Cc1cc(C)c([N+](=O)[O-])cc1NC(=O)NC1CC(N(CC(=O)O)CC2CC2)C1. The lowest BCUT2D eigenvalue weighted by molar-refractivity contribution is -0.385. The fourth-order valence-electron chi connectivity index (χ4n) is 3.67. The average Bonchev–Trinajstić information content (AvgIpc) is 3.35. The number of nitrogens with zero attached hydrogens (tertiary/aromatic N) is 2. The number of carboxylic acids is 1. The van der Waals surface area contributed by atoms with E-state index in [0.29, 0.717) is 30.0 Å². The smallest absolute Gasteiger partial charge is 0.319 e. The Morgan fingerprint density at radius 1 is 1.25 bits per heavy atom. The summed E-state index contributed by atoms with van der Waals surface area (Å²) in [5.41, 5.74) is 1.67. The van der Waals surface area contributed by atoms with Crippen molar-refractivity contribution in [2.45, 2.75) is 51.6 Å². The number of nitro groups is 1. The molecule has 0 saturated heterocycles. The number of carboxylic acid groups (broad SMARTS) is 1. The fraction of sp³-hybridized carbons (Fsp3) is 0.579. The quantitative estimate of drug-likeness (QED) is 0.463. The number of carbonyl (C=O) groups excluding carboxylic acids is 1. The predicted molar refractivity (Wildman–Crippen MR) is 103 cm³/mol. The summed E-state index contributed by atoms with van der Waals surface area (Å²) < 4.78 is 0. The summed E-state index contributed by atoms with van der Waals surface area (Å²) in [4.78, 5) is 36.0. The second-order valence-electron chi connectivity index (χ2n) is 7.90. The van der Waals surface area contributed by atoms with Crippen molar-refractivity contribution < 1.29 is 19.6 Å². The molecule has 0 radical (unpaired) electrons. The molecular formula is C19H26N4O5. The number of amides is 2. The first-order chi connectivity index (χ1) is 13.2. The highest BCUT2D eigenvalue weighted by Gasteiger charge is 2.37. The van der Waals surface area contributed by atoms with Crippen molar-refractivity contribution in [2.24, 2.45) is 5.92 Å². The molecule has 0 bridgehead atoms. The largest absolute Gasteiger partial charge is 0.480 e. The second-order valence-corrected chi connectivity index (χ2v) is 7.90. The zero-order valence-electron chi connectivity index (χ0n) is 16.1. The van der Waals surface area contributed by atoms with E-state index in [1.807, 2.05) is 4.90 Å². The van der Waals surface area contributed by atoms with Gasteiger partial charge in [0.25, 0.3) is 5.69 Å². The van der Waals surface area contributed by atoms with Crippen LogP contribution >= 0.6 is 0 Å². The highest BCUT2D eigenvalue weighted by Crippen LogP contribution is 2.34. The van der Waals surface area contributed by atoms with Crippen molar-refractivity contribution in [2.75, 3.05) is 18.4 Å². The second kappa shape index (κ2) is 8.14. The summed E-state index contributed by atoms with van der Waals surface area (Å²) >= 11 is 0. The van der Waals surface area contributed by atoms with E-state index in [9.17, 15) is 19.7 Å². The van der Waals surface area contributed by atoms with Gasteiger partial charge in [-0.3, -0.25) is 19.8 Å². The lowest BCUT2D eigenvalue weighted by atomic mass is 9.85. The average molecular weight is 390 g/mol. The first kappa shape index (κ1) is 20.1. The van der Waals surface area contributed by atoms with Gasteiger partial charge < -0.3 is 15.7 Å². The first-order valence-electron chi connectivity index (χ1n) is 9.52. The fourth-order valence-corrected chi connectivity index (χ4v) is 3.67. The van der Waals surface area contributed by atoms with Crippen LogP contribution in [0, 0.1) is 29.9 Å². The van der Waals surface area contributed by atoms with Crippen molar-refractivity contribution in [3.05, 3.63) is 33.4 Å². The van der Waals surface area contributed by atoms with Crippen LogP contribution in [0.3, 0.4) is 0 Å². The van der Waals surface area contributed by atoms with Crippen molar-refractivity contribution in [1.82, 2.24) is 10.2 Å². The minimum Gasteiger partial charge on any atom is -0.480 e. The molecule has 0 atom stereocenters. The summed E-state index contributed by atoms with van der Waals surface area (Å²) in [5, 5.41) is 25.7. The number of urea groups is 1. The molecule has 0 unspecified atom stereocenters. The van der Waals surface area contributed by atoms with Gasteiger partial charge in [-0.25, -0.2) is 4.79 Å². The maximum absolute atomic E-state index is 12.3. The van der Waals surface area contributed by atoms with Crippen molar-refractivity contribution in [3.8, 4) is 0 Å². The highest BCUT2D eigenvalue weighted by atomic mass is 16.6. The van der Waals surface area contributed by atoms with Crippen LogP contribution in [0.1, 0.15) is 36.8 Å². The van der Waals surface area contributed by atoms with Crippen molar-refractivity contribution in [3.63, 3.8) is 0 Å². The van der Waals surface area contributed by atoms with Gasteiger partial charge in [0.2, 0.25) is 0 Å². The number of hydrogen-bond acceptors (Lipinski definition) is 5. The molecule has 0 aliphatic heterocycles. The normalized spacial score (nSPS) is 21.1. The number of aryl methyl sites for hydroxylation is 2. The molecule has 3 rings (SSSR count). The predicted octanol–water partition coefficient (Wildman–Crippen LogP) is 2.66. The Morgan fingerprint density at radius 3 is 2.50 bits per heavy atom. The number of nitro benzene ring substituents is 1. The highest BCUT2D eigenvalue weighted by molar-refractivity contribution is 5.91. The summed E-state index contributed by atoms with van der Waals surface area (Å²) in [7, 11) is 0. The molecule has 28 heavy (non-hydrogen) atoms. The summed E-state index contributed by atoms with van der Waals surface area (Å²) in [5.74, 6) is -0.221. The molecule has 2 fully saturated rings. The number of anilines is 1. The number of carbonyl (C=O) groups is 2. The zero-order chi connectivity index (χ0) is 20.4. The Labute approximate surface area is 163 Å². The molecule has 2 aliphatic rings. The topological polar surface area (TPSA) is 125 Å². The molecule has 2 aliphatic carbocycles. The third-order valence-electron chi connectivity index (χ3n) is 5.48. The van der Waals surface area contributed by atoms with E-state index in [0.717, 1.165) is 24.9 Å². The molecule has 3 N–H and O–H groups in total. The number of rotatable bonds is 8. The van der Waals surface area contributed by atoms with Crippen LogP contribution in [-0.2, 0) is 4.79 Å². The lowest BCUT2D eigenvalue weighted by Crippen LogP contribution is -2.55. The van der Waals surface area contributed by atoms with Gasteiger partial charge in [-0.05, 0) is 57.1 Å². The molecule has 9 heteroatoms. The lowest BCUT2D eigenvalue weighted by Gasteiger charge is -2.42. The van der Waals surface area contributed by atoms with Crippen LogP contribution < -0.4 is 10.6 Å². The molecule has 9 nitrogen and oxygen atoms in total. The van der Waals surface area contributed by atoms with Gasteiger partial charge >= 0.3 is 12.0 Å². The molecular weight excluding hydrogens is 364 g/mol. The Kier molecular flexibility index (Phi) is 5.83. The van der Waals surface area contributed by atoms with Crippen molar-refractivity contribution >= 4 is 23.4 Å². The Bertz CT molecular complexity index is 787. The van der Waals surface area contributed by atoms with E-state index in [1.165, 1.54) is 6.07 Å². The third-order valence-corrected chi connectivity index (χ3v) is 5.48. The first-order valence-corrected chi connectivity index (χ1v) is 9.52. The monoisotopic (exact) mass is 390 g/mol. The molecule has 0 aromatic heterocycles. The van der Waals surface area contributed by atoms with Gasteiger partial charge in [0.15, 0.2) is 0 Å². The molecule has 0 heterocycles. The van der Waals surface area contributed by atoms with Crippen LogP contribution in [0.25, 0.3) is 0 Å². The van der Waals surface area contributed by atoms with Gasteiger partial charge in [-0.15, -0.1) is 0 Å². The number of hydrogen-bond donors (Lipinski definition) is 3. The van der Waals surface area contributed by atoms with Gasteiger partial charge in [0.05, 0.1) is 17.2 Å². The molecule has 1 aromatic carbocycles. The number of benzene rings is 1. The zero-order valence-corrected chi connectivity index (χ0v) is 16.1. The molecule has 152 valence electrons. The number of nitrogens with one attached hydrogen (secondary N) is 2. The summed E-state index contributed by atoms with van der Waals surface area (Å²) in [6.45, 7) is 4.29. The van der Waals surface area contributed by atoms with Gasteiger partial charge in [0.1, 0.15) is 0 Å². The van der Waals surface area contributed by atoms with Crippen LogP contribution in [0.5, 0.6) is 0 Å². The minimum atomic E-state index is -0.828. The molecule has 0 spiro atoms. The van der Waals surface area contributed by atoms with E-state index in [4.69, 9.17) is 5.11 Å². The van der Waals surface area contributed by atoms with Crippen LogP contribution in [0.2, 0.25) is 0 Å². The van der Waals surface area contributed by atoms with E-state index in [-0.39, 0.29) is 24.3 Å². The van der Waals surface area contributed by atoms with Gasteiger partial charge in [0, 0.05) is 30.3 Å². The molecule has 2 amide bonds. The third kappa shape index (κ3) is 4.98. The number of aliphatic carboxylic acids is 1. The Morgan fingerprint density at radius 2 is 1.93 bits per heavy atom.